The molecule has 4 aromatic rings. The fraction of sp³-hybridized carbons (Fsp3) is 0.172. The molecule has 0 atom stereocenters. The van der Waals surface area contributed by atoms with Crippen molar-refractivity contribution in [3.8, 4) is 40.0 Å². The van der Waals surface area contributed by atoms with Gasteiger partial charge in [-0.1, -0.05) is 35.5 Å². The number of hydrogen-bond donors (Lipinski definition) is 1. The van der Waals surface area contributed by atoms with Crippen LogP contribution < -0.4 is 29.1 Å². The van der Waals surface area contributed by atoms with Crippen LogP contribution in [-0.2, 0) is 0 Å². The van der Waals surface area contributed by atoms with E-state index in [1.807, 2.05) is 30.3 Å². The molecule has 0 saturated heterocycles. The molecule has 0 aliphatic rings. The Kier molecular flexibility index (Phi) is 8.65. The summed E-state index contributed by atoms with van der Waals surface area (Å²) in [5.74, 6) is 0.656. The number of amides is 1. The number of hydrazone groups is 1. The van der Waals surface area contributed by atoms with Crippen LogP contribution in [0.15, 0.2) is 70.3 Å². The minimum absolute atomic E-state index is 0.176. The van der Waals surface area contributed by atoms with Gasteiger partial charge in [0.15, 0.2) is 23.0 Å². The molecule has 4 rings (SSSR count). The first-order valence-corrected chi connectivity index (χ1v) is 12.0. The van der Waals surface area contributed by atoms with Crippen molar-refractivity contribution < 1.29 is 37.8 Å². The fourth-order valence-corrected chi connectivity index (χ4v) is 3.86. The Morgan fingerprint density at radius 1 is 0.850 bits per heavy atom. The first-order chi connectivity index (χ1) is 19.4. The highest BCUT2D eigenvalue weighted by atomic mass is 16.6. The van der Waals surface area contributed by atoms with Gasteiger partial charge in [-0.3, -0.25) is 4.79 Å². The molecule has 0 aliphatic carbocycles. The summed E-state index contributed by atoms with van der Waals surface area (Å²) in [5.41, 5.74) is 4.71. The van der Waals surface area contributed by atoms with Crippen LogP contribution in [0.25, 0.3) is 11.3 Å². The quantitative estimate of drug-likeness (QED) is 0.131. The number of nitrogens with zero attached hydrogens (tertiary/aromatic N) is 2. The molecule has 0 fully saturated rings. The Bertz CT molecular complexity index is 1520. The number of aromatic nitrogens is 1. The molecule has 11 heteroatoms. The monoisotopic (exact) mass is 545 g/mol. The van der Waals surface area contributed by atoms with Crippen LogP contribution in [0.4, 0.5) is 0 Å². The molecular weight excluding hydrogens is 518 g/mol. The minimum Gasteiger partial charge on any atom is -0.493 e. The van der Waals surface area contributed by atoms with E-state index in [0.717, 1.165) is 5.56 Å². The zero-order chi connectivity index (χ0) is 28.6. The molecule has 206 valence electrons. The smallest absolute Gasteiger partial charge is 0.343 e. The summed E-state index contributed by atoms with van der Waals surface area (Å²) in [4.78, 5) is 25.7. The molecule has 1 aromatic heterocycles. The van der Waals surface area contributed by atoms with E-state index in [1.165, 1.54) is 46.8 Å². The Balaban J connectivity index is 1.48. The lowest BCUT2D eigenvalue weighted by atomic mass is 10.1. The topological polar surface area (TPSA) is 131 Å². The molecular formula is C29H27N3O8. The molecule has 11 nitrogen and oxygen atoms in total. The number of carbonyl (C=O) groups excluding carboxylic acids is 2. The van der Waals surface area contributed by atoms with Crippen molar-refractivity contribution in [1.29, 1.82) is 0 Å². The van der Waals surface area contributed by atoms with Crippen molar-refractivity contribution in [3.63, 3.8) is 0 Å². The molecule has 0 saturated carbocycles. The van der Waals surface area contributed by atoms with E-state index < -0.39 is 11.9 Å². The van der Waals surface area contributed by atoms with Crippen molar-refractivity contribution in [3.05, 3.63) is 83.1 Å². The Hall–Kier alpha value is -5.32. The molecule has 40 heavy (non-hydrogen) atoms. The number of carbonyl (C=O) groups is 2. The number of esters is 1. The van der Waals surface area contributed by atoms with Gasteiger partial charge in [0.05, 0.1) is 40.2 Å². The first-order valence-electron chi connectivity index (χ1n) is 12.0. The molecule has 1 heterocycles. The number of benzene rings is 3. The average Bonchev–Trinajstić information content (AvgIpc) is 3.38. The Morgan fingerprint density at radius 2 is 1.52 bits per heavy atom. The van der Waals surface area contributed by atoms with Gasteiger partial charge >= 0.3 is 5.97 Å². The summed E-state index contributed by atoms with van der Waals surface area (Å²) in [7, 11) is 5.81. The van der Waals surface area contributed by atoms with Crippen molar-refractivity contribution >= 4 is 18.1 Å². The largest absolute Gasteiger partial charge is 0.493 e. The van der Waals surface area contributed by atoms with E-state index in [-0.39, 0.29) is 22.6 Å². The number of nitrogens with one attached hydrogen (secondary N) is 1. The zero-order valence-electron chi connectivity index (χ0n) is 22.5. The third-order valence-corrected chi connectivity index (χ3v) is 5.81. The van der Waals surface area contributed by atoms with Gasteiger partial charge in [0.2, 0.25) is 5.75 Å². The number of hydrogen-bond acceptors (Lipinski definition) is 10. The molecule has 1 N–H and O–H groups in total. The summed E-state index contributed by atoms with van der Waals surface area (Å²) >= 11 is 0. The maximum atomic E-state index is 12.9. The van der Waals surface area contributed by atoms with Crippen LogP contribution in [-0.4, -0.2) is 51.7 Å². The predicted molar refractivity (Wildman–Crippen MR) is 146 cm³/mol. The second kappa shape index (κ2) is 12.5. The molecule has 0 unspecified atom stereocenters. The van der Waals surface area contributed by atoms with Crippen LogP contribution in [0.1, 0.15) is 32.0 Å². The normalized spacial score (nSPS) is 10.7. The van der Waals surface area contributed by atoms with Gasteiger partial charge in [0, 0.05) is 5.56 Å². The maximum Gasteiger partial charge on any atom is 0.343 e. The first kappa shape index (κ1) is 27.7. The van der Waals surface area contributed by atoms with Crippen LogP contribution in [0.2, 0.25) is 0 Å². The summed E-state index contributed by atoms with van der Waals surface area (Å²) in [6.07, 6.45) is 1.43. The zero-order valence-corrected chi connectivity index (χ0v) is 22.5. The maximum absolute atomic E-state index is 12.9. The predicted octanol–water partition coefficient (Wildman–Crippen LogP) is 4.67. The summed E-state index contributed by atoms with van der Waals surface area (Å²) in [5, 5.41) is 8.06. The van der Waals surface area contributed by atoms with Crippen molar-refractivity contribution in [2.45, 2.75) is 6.92 Å². The van der Waals surface area contributed by atoms with Gasteiger partial charge in [0.25, 0.3) is 5.91 Å². The van der Waals surface area contributed by atoms with Gasteiger partial charge in [-0.05, 0) is 42.8 Å². The van der Waals surface area contributed by atoms with E-state index >= 15 is 0 Å². The van der Waals surface area contributed by atoms with E-state index in [4.69, 9.17) is 28.2 Å². The molecule has 0 bridgehead atoms. The summed E-state index contributed by atoms with van der Waals surface area (Å²) in [6.45, 7) is 1.65. The average molecular weight is 546 g/mol. The third kappa shape index (κ3) is 5.88. The lowest BCUT2D eigenvalue weighted by molar-refractivity contribution is 0.0728. The fourth-order valence-electron chi connectivity index (χ4n) is 3.86. The van der Waals surface area contributed by atoms with E-state index in [9.17, 15) is 9.59 Å². The van der Waals surface area contributed by atoms with Crippen LogP contribution in [0.3, 0.4) is 0 Å². The number of rotatable bonds is 10. The molecule has 1 amide bonds. The lowest BCUT2D eigenvalue weighted by Gasteiger charge is -2.14. The van der Waals surface area contributed by atoms with Crippen LogP contribution >= 0.6 is 0 Å². The summed E-state index contributed by atoms with van der Waals surface area (Å²) in [6, 6.07) is 17.0. The second-order valence-electron chi connectivity index (χ2n) is 8.24. The highest BCUT2D eigenvalue weighted by Gasteiger charge is 2.22. The summed E-state index contributed by atoms with van der Waals surface area (Å²) < 4.78 is 32.1. The van der Waals surface area contributed by atoms with Crippen LogP contribution in [0.5, 0.6) is 28.7 Å². The van der Waals surface area contributed by atoms with Gasteiger partial charge < -0.3 is 28.2 Å². The second-order valence-corrected chi connectivity index (χ2v) is 8.24. The van der Waals surface area contributed by atoms with Gasteiger partial charge in [-0.25, -0.2) is 10.2 Å². The van der Waals surface area contributed by atoms with Gasteiger partial charge in [-0.15, -0.1) is 0 Å². The molecule has 0 spiro atoms. The SMILES string of the molecule is COc1cc(/C=N\NC(=O)c2c(-c3ccccc3)noc2C)ccc1OC(=O)c1cc(OC)c(OC)c(OC)c1. The highest BCUT2D eigenvalue weighted by Crippen LogP contribution is 2.39. The van der Waals surface area contributed by atoms with Crippen molar-refractivity contribution in [2.75, 3.05) is 28.4 Å². The molecule has 0 radical (unpaired) electrons. The van der Waals surface area contributed by atoms with Crippen molar-refractivity contribution in [2.24, 2.45) is 5.10 Å². The number of aryl methyl sites for hydroxylation is 1. The highest BCUT2D eigenvalue weighted by molar-refractivity contribution is 6.01. The Labute approximate surface area is 230 Å². The lowest BCUT2D eigenvalue weighted by Crippen LogP contribution is -2.18. The minimum atomic E-state index is -0.662. The van der Waals surface area contributed by atoms with E-state index in [2.05, 4.69) is 15.7 Å². The van der Waals surface area contributed by atoms with E-state index in [0.29, 0.717) is 34.3 Å². The van der Waals surface area contributed by atoms with E-state index in [1.54, 1.807) is 25.1 Å². The van der Waals surface area contributed by atoms with Gasteiger partial charge in [0.1, 0.15) is 17.0 Å². The number of methoxy groups -OCH3 is 4. The Morgan fingerprint density at radius 3 is 2.15 bits per heavy atom. The number of ether oxygens (including phenoxy) is 5. The van der Waals surface area contributed by atoms with Crippen LogP contribution in [0, 0.1) is 6.92 Å². The molecule has 3 aromatic carbocycles. The van der Waals surface area contributed by atoms with Crippen molar-refractivity contribution in [1.82, 2.24) is 10.6 Å². The van der Waals surface area contributed by atoms with Gasteiger partial charge in [-0.2, -0.15) is 5.10 Å². The third-order valence-electron chi connectivity index (χ3n) is 5.81. The molecule has 0 aliphatic heterocycles. The standard InChI is InChI=1S/C29H27N3O8/c1-17-25(26(32-40-17)19-9-7-6-8-10-19)28(33)31-30-16-18-11-12-21(22(13-18)35-2)39-29(34)20-14-23(36-3)27(38-5)24(15-20)37-4/h6-16H,1-5H3,(H,31,33)/b30-16-.